The molecule has 0 aromatic heterocycles. The second-order valence-corrected chi connectivity index (χ2v) is 6.52. The third-order valence-electron chi connectivity index (χ3n) is 3.00. The maximum atomic E-state index is 13.7. The summed E-state index contributed by atoms with van der Waals surface area (Å²) >= 11 is 0. The molecule has 0 radical (unpaired) electrons. The Hall–Kier alpha value is -0.980. The summed E-state index contributed by atoms with van der Waals surface area (Å²) in [6, 6.07) is 3.95. The van der Waals surface area contributed by atoms with Gasteiger partial charge in [-0.15, -0.1) is 0 Å². The highest BCUT2D eigenvalue weighted by atomic mass is 32.2. The fourth-order valence-corrected chi connectivity index (χ4v) is 3.06. The van der Waals surface area contributed by atoms with E-state index < -0.39 is 15.8 Å². The molecule has 2 N–H and O–H groups in total. The highest BCUT2D eigenvalue weighted by Gasteiger charge is 2.24. The first-order valence-electron chi connectivity index (χ1n) is 6.38. The van der Waals surface area contributed by atoms with Crippen LogP contribution in [0.3, 0.4) is 0 Å². The largest absolute Gasteiger partial charge is 0.326 e. The molecule has 0 heterocycles. The summed E-state index contributed by atoms with van der Waals surface area (Å²) in [4.78, 5) is -0.297. The molecule has 6 heteroatoms. The average molecular weight is 288 g/mol. The zero-order valence-electron chi connectivity index (χ0n) is 11.4. The quantitative estimate of drug-likeness (QED) is 0.781. The molecule has 0 spiro atoms. The average Bonchev–Trinajstić information content (AvgIpc) is 2.39. The lowest BCUT2D eigenvalue weighted by Crippen LogP contribution is -2.28. The topological polar surface area (TPSA) is 63.4 Å². The van der Waals surface area contributed by atoms with Gasteiger partial charge in [-0.25, -0.2) is 17.1 Å². The SMILES string of the molecule is CCCCCN(C)S(=O)(=O)c1cc(CN)ccc1F. The monoisotopic (exact) mass is 288 g/mol. The van der Waals surface area contributed by atoms with Gasteiger partial charge in [0.2, 0.25) is 10.0 Å². The Labute approximate surface area is 114 Å². The molecule has 1 aromatic rings. The summed E-state index contributed by atoms with van der Waals surface area (Å²) in [5.74, 6) is -0.737. The van der Waals surface area contributed by atoms with Gasteiger partial charge in [0, 0.05) is 20.1 Å². The van der Waals surface area contributed by atoms with E-state index in [1.54, 1.807) is 0 Å². The highest BCUT2D eigenvalue weighted by molar-refractivity contribution is 7.89. The first kappa shape index (κ1) is 16.1. The predicted octanol–water partition coefficient (Wildman–Crippen LogP) is 2.10. The first-order chi connectivity index (χ1) is 8.93. The molecule has 0 saturated heterocycles. The minimum absolute atomic E-state index is 0.183. The van der Waals surface area contributed by atoms with Gasteiger partial charge in [0.1, 0.15) is 10.7 Å². The highest BCUT2D eigenvalue weighted by Crippen LogP contribution is 2.20. The molecule has 0 bridgehead atoms. The molecule has 108 valence electrons. The predicted molar refractivity (Wildman–Crippen MR) is 73.6 cm³/mol. The molecule has 0 aliphatic rings. The van der Waals surface area contributed by atoms with Crippen LogP contribution in [0.15, 0.2) is 23.1 Å². The number of hydrogen-bond acceptors (Lipinski definition) is 3. The molecule has 0 aliphatic carbocycles. The zero-order valence-corrected chi connectivity index (χ0v) is 12.2. The Balaban J connectivity index is 2.99. The number of unbranched alkanes of at least 4 members (excludes halogenated alkanes) is 2. The van der Waals surface area contributed by atoms with Crippen molar-refractivity contribution in [2.45, 2.75) is 37.6 Å². The van der Waals surface area contributed by atoms with Gasteiger partial charge in [0.25, 0.3) is 0 Å². The minimum atomic E-state index is -3.78. The summed E-state index contributed by atoms with van der Waals surface area (Å²) in [5.41, 5.74) is 6.05. The van der Waals surface area contributed by atoms with Crippen molar-refractivity contribution in [1.82, 2.24) is 4.31 Å². The van der Waals surface area contributed by atoms with Crippen LogP contribution in [0.4, 0.5) is 4.39 Å². The van der Waals surface area contributed by atoms with Gasteiger partial charge >= 0.3 is 0 Å². The van der Waals surface area contributed by atoms with E-state index in [0.29, 0.717) is 12.1 Å². The number of halogens is 1. The molecule has 1 rings (SSSR count). The number of rotatable bonds is 7. The van der Waals surface area contributed by atoms with Crippen LogP contribution in [0.2, 0.25) is 0 Å². The summed E-state index contributed by atoms with van der Waals surface area (Å²) in [6.07, 6.45) is 2.72. The van der Waals surface area contributed by atoms with E-state index in [4.69, 9.17) is 5.73 Å². The van der Waals surface area contributed by atoms with Crippen molar-refractivity contribution in [2.24, 2.45) is 5.73 Å². The van der Waals surface area contributed by atoms with E-state index in [2.05, 4.69) is 0 Å². The molecular weight excluding hydrogens is 267 g/mol. The number of sulfonamides is 1. The van der Waals surface area contributed by atoms with Crippen LogP contribution in [-0.4, -0.2) is 26.3 Å². The van der Waals surface area contributed by atoms with Crippen LogP contribution in [0, 0.1) is 5.82 Å². The Morgan fingerprint density at radius 1 is 1.32 bits per heavy atom. The Kier molecular flexibility index (Phi) is 5.90. The molecule has 0 aliphatic heterocycles. The Morgan fingerprint density at radius 2 is 2.00 bits per heavy atom. The molecule has 0 saturated carbocycles. The third kappa shape index (κ3) is 3.99. The van der Waals surface area contributed by atoms with E-state index in [9.17, 15) is 12.8 Å². The Bertz CT molecular complexity index is 517. The van der Waals surface area contributed by atoms with Gasteiger partial charge in [0.15, 0.2) is 0 Å². The summed E-state index contributed by atoms with van der Waals surface area (Å²) in [5, 5.41) is 0. The van der Waals surface area contributed by atoms with Gasteiger partial charge < -0.3 is 5.73 Å². The second-order valence-electron chi connectivity index (χ2n) is 4.50. The van der Waals surface area contributed by atoms with Crippen LogP contribution in [0.25, 0.3) is 0 Å². The van der Waals surface area contributed by atoms with Crippen molar-refractivity contribution in [3.63, 3.8) is 0 Å². The number of nitrogens with two attached hydrogens (primary N) is 1. The molecule has 0 atom stereocenters. The fourth-order valence-electron chi connectivity index (χ4n) is 1.74. The van der Waals surface area contributed by atoms with Crippen LogP contribution in [-0.2, 0) is 16.6 Å². The van der Waals surface area contributed by atoms with E-state index in [1.165, 1.54) is 23.5 Å². The lowest BCUT2D eigenvalue weighted by molar-refractivity contribution is 0.449. The van der Waals surface area contributed by atoms with Crippen LogP contribution < -0.4 is 5.73 Å². The molecule has 1 aromatic carbocycles. The second kappa shape index (κ2) is 6.98. The fraction of sp³-hybridized carbons (Fsp3) is 0.538. The maximum Gasteiger partial charge on any atom is 0.245 e. The summed E-state index contributed by atoms with van der Waals surface area (Å²) < 4.78 is 39.4. The molecule has 0 fully saturated rings. The third-order valence-corrected chi connectivity index (χ3v) is 4.87. The van der Waals surface area contributed by atoms with E-state index in [1.807, 2.05) is 6.92 Å². The minimum Gasteiger partial charge on any atom is -0.326 e. The lowest BCUT2D eigenvalue weighted by Gasteiger charge is -2.17. The van der Waals surface area contributed by atoms with Crippen molar-refractivity contribution >= 4 is 10.0 Å². The van der Waals surface area contributed by atoms with E-state index in [-0.39, 0.29) is 11.4 Å². The van der Waals surface area contributed by atoms with Crippen molar-refractivity contribution in [1.29, 1.82) is 0 Å². The van der Waals surface area contributed by atoms with Gasteiger partial charge in [-0.2, -0.15) is 0 Å². The van der Waals surface area contributed by atoms with Crippen LogP contribution in [0.1, 0.15) is 31.7 Å². The maximum absolute atomic E-state index is 13.7. The summed E-state index contributed by atoms with van der Waals surface area (Å²) in [6.45, 7) is 2.61. The van der Waals surface area contributed by atoms with Gasteiger partial charge in [-0.3, -0.25) is 0 Å². The van der Waals surface area contributed by atoms with Crippen LogP contribution in [0.5, 0.6) is 0 Å². The van der Waals surface area contributed by atoms with Crippen LogP contribution >= 0.6 is 0 Å². The Morgan fingerprint density at radius 3 is 2.58 bits per heavy atom. The molecule has 0 amide bonds. The van der Waals surface area contributed by atoms with Crippen molar-refractivity contribution < 1.29 is 12.8 Å². The molecule has 19 heavy (non-hydrogen) atoms. The number of nitrogens with zero attached hydrogens (tertiary/aromatic N) is 1. The summed E-state index contributed by atoms with van der Waals surface area (Å²) in [7, 11) is -2.31. The van der Waals surface area contributed by atoms with Gasteiger partial charge in [0.05, 0.1) is 0 Å². The number of benzene rings is 1. The molecule has 0 unspecified atom stereocenters. The first-order valence-corrected chi connectivity index (χ1v) is 7.82. The van der Waals surface area contributed by atoms with Crippen molar-refractivity contribution in [2.75, 3.05) is 13.6 Å². The molecule has 4 nitrogen and oxygen atoms in total. The van der Waals surface area contributed by atoms with Gasteiger partial charge in [-0.1, -0.05) is 25.8 Å². The van der Waals surface area contributed by atoms with Crippen molar-refractivity contribution in [3.05, 3.63) is 29.6 Å². The van der Waals surface area contributed by atoms with E-state index in [0.717, 1.165) is 25.3 Å². The van der Waals surface area contributed by atoms with Crippen molar-refractivity contribution in [3.8, 4) is 0 Å². The normalized spacial score (nSPS) is 12.1. The van der Waals surface area contributed by atoms with Gasteiger partial charge in [-0.05, 0) is 24.1 Å². The molecular formula is C13H21FN2O2S. The standard InChI is InChI=1S/C13H21FN2O2S/c1-3-4-5-8-16(2)19(17,18)13-9-11(10-15)6-7-12(13)14/h6-7,9H,3-5,8,10,15H2,1-2H3. The zero-order chi connectivity index (χ0) is 14.5. The number of hydrogen-bond donors (Lipinski definition) is 1. The lowest BCUT2D eigenvalue weighted by atomic mass is 10.2. The smallest absolute Gasteiger partial charge is 0.245 e. The van der Waals surface area contributed by atoms with E-state index >= 15 is 0 Å².